The first kappa shape index (κ1) is 11.8. The van der Waals surface area contributed by atoms with E-state index in [2.05, 4.69) is 10.1 Å². The number of carbonyl (C=O) groups excluding carboxylic acids is 1. The summed E-state index contributed by atoms with van der Waals surface area (Å²) in [5.74, 6) is -1.23. The van der Waals surface area contributed by atoms with Gasteiger partial charge in [0.15, 0.2) is 0 Å². The lowest BCUT2D eigenvalue weighted by atomic mass is 10.2. The van der Waals surface area contributed by atoms with E-state index in [4.69, 9.17) is 5.11 Å². The fourth-order valence-corrected chi connectivity index (χ4v) is 2.79. The highest BCUT2D eigenvalue weighted by atomic mass is 32.1. The third-order valence-corrected chi connectivity index (χ3v) is 3.66. The molecule has 1 aliphatic heterocycles. The van der Waals surface area contributed by atoms with Gasteiger partial charge in [-0.15, -0.1) is 0 Å². The second kappa shape index (κ2) is 4.43. The van der Waals surface area contributed by atoms with Gasteiger partial charge < -0.3 is 5.11 Å². The van der Waals surface area contributed by atoms with Crippen LogP contribution in [0, 0.1) is 0 Å². The lowest BCUT2D eigenvalue weighted by Crippen LogP contribution is -2.19. The van der Waals surface area contributed by atoms with Gasteiger partial charge >= 0.3 is 5.97 Å². The Balaban J connectivity index is 1.95. The van der Waals surface area contributed by atoms with Crippen molar-refractivity contribution in [2.24, 2.45) is 5.10 Å². The summed E-state index contributed by atoms with van der Waals surface area (Å²) >= 11 is 1.36. The molecule has 7 heteroatoms. The molecule has 0 radical (unpaired) electrons. The van der Waals surface area contributed by atoms with Gasteiger partial charge in [-0.2, -0.15) is 10.1 Å². The number of hydrazone groups is 1. The second-order valence-electron chi connectivity index (χ2n) is 4.08. The average Bonchev–Trinajstić information content (AvgIpc) is 2.91. The molecule has 6 nitrogen and oxygen atoms in total. The molecule has 1 aromatic heterocycles. The number of benzene rings is 1. The number of anilines is 1. The third kappa shape index (κ3) is 2.19. The van der Waals surface area contributed by atoms with Crippen LogP contribution in [0.3, 0.4) is 0 Å². The minimum absolute atomic E-state index is 0.0439. The number of hydrogen-bond acceptors (Lipinski definition) is 5. The van der Waals surface area contributed by atoms with Crippen molar-refractivity contribution in [3.8, 4) is 0 Å². The Kier molecular flexibility index (Phi) is 2.75. The quantitative estimate of drug-likeness (QED) is 0.926. The average molecular weight is 275 g/mol. The summed E-state index contributed by atoms with van der Waals surface area (Å²) in [5.41, 5.74) is 1.16. The number of fused-ring (bicyclic) bond motifs is 1. The van der Waals surface area contributed by atoms with Crippen LogP contribution in [0.15, 0.2) is 29.4 Å². The first-order chi connectivity index (χ1) is 9.13. The minimum atomic E-state index is -0.988. The number of carboxylic acids is 1. The van der Waals surface area contributed by atoms with E-state index in [1.165, 1.54) is 16.3 Å². The number of aromatic nitrogens is 1. The van der Waals surface area contributed by atoms with E-state index in [9.17, 15) is 9.59 Å². The molecule has 0 unspecified atom stereocenters. The zero-order valence-electron chi connectivity index (χ0n) is 9.74. The van der Waals surface area contributed by atoms with Crippen molar-refractivity contribution in [1.29, 1.82) is 0 Å². The first-order valence-corrected chi connectivity index (χ1v) is 6.42. The van der Waals surface area contributed by atoms with Gasteiger partial charge in [0.1, 0.15) is 0 Å². The molecule has 1 amide bonds. The van der Waals surface area contributed by atoms with Crippen molar-refractivity contribution < 1.29 is 14.7 Å². The van der Waals surface area contributed by atoms with E-state index < -0.39 is 5.97 Å². The van der Waals surface area contributed by atoms with E-state index in [0.29, 0.717) is 10.8 Å². The summed E-state index contributed by atoms with van der Waals surface area (Å²) in [6.07, 6.45) is -0.171. The molecule has 19 heavy (non-hydrogen) atoms. The van der Waals surface area contributed by atoms with Gasteiger partial charge in [0.2, 0.25) is 5.13 Å². The van der Waals surface area contributed by atoms with Crippen LogP contribution in [0.2, 0.25) is 0 Å². The number of carbonyl (C=O) groups is 2. The van der Waals surface area contributed by atoms with E-state index in [1.54, 1.807) is 0 Å². The molecular weight excluding hydrogens is 266 g/mol. The second-order valence-corrected chi connectivity index (χ2v) is 5.09. The van der Waals surface area contributed by atoms with Crippen LogP contribution < -0.4 is 5.01 Å². The Morgan fingerprint density at radius 1 is 1.42 bits per heavy atom. The fourth-order valence-electron chi connectivity index (χ4n) is 1.85. The van der Waals surface area contributed by atoms with E-state index in [0.717, 1.165) is 10.2 Å². The summed E-state index contributed by atoms with van der Waals surface area (Å²) in [7, 11) is 0. The molecule has 3 rings (SSSR count). The molecule has 0 aliphatic carbocycles. The highest BCUT2D eigenvalue weighted by Gasteiger charge is 2.28. The zero-order valence-corrected chi connectivity index (χ0v) is 10.6. The van der Waals surface area contributed by atoms with E-state index >= 15 is 0 Å². The summed E-state index contributed by atoms with van der Waals surface area (Å²) in [5, 5.41) is 14.4. The van der Waals surface area contributed by atoms with Crippen LogP contribution >= 0.6 is 11.3 Å². The van der Waals surface area contributed by atoms with E-state index in [1.807, 2.05) is 24.3 Å². The van der Waals surface area contributed by atoms with Gasteiger partial charge in [0, 0.05) is 0 Å². The van der Waals surface area contributed by atoms with Gasteiger partial charge in [0.05, 0.1) is 28.8 Å². The maximum atomic E-state index is 11.8. The number of rotatable bonds is 3. The molecule has 2 aromatic rings. The molecular formula is C12H9N3O3S. The molecule has 0 atom stereocenters. The molecule has 1 aromatic carbocycles. The maximum absolute atomic E-state index is 11.8. The van der Waals surface area contributed by atoms with Gasteiger partial charge in [-0.25, -0.2) is 4.98 Å². The largest absolute Gasteiger partial charge is 0.481 e. The fraction of sp³-hybridized carbons (Fsp3) is 0.167. The van der Waals surface area contributed by atoms with Crippen LogP contribution in [0.25, 0.3) is 10.2 Å². The lowest BCUT2D eigenvalue weighted by Gasteiger charge is -2.05. The summed E-state index contributed by atoms with van der Waals surface area (Å²) < 4.78 is 0.965. The smallest absolute Gasteiger partial charge is 0.309 e. The molecule has 2 heterocycles. The van der Waals surface area contributed by atoms with Gasteiger partial charge in [-0.05, 0) is 12.1 Å². The molecule has 0 saturated carbocycles. The van der Waals surface area contributed by atoms with Crippen LogP contribution in [0.5, 0.6) is 0 Å². The van der Waals surface area contributed by atoms with Crippen molar-refractivity contribution in [1.82, 2.24) is 4.98 Å². The predicted molar refractivity (Wildman–Crippen MR) is 71.4 cm³/mol. The molecule has 0 saturated heterocycles. The predicted octanol–water partition coefficient (Wildman–Crippen LogP) is 1.86. The number of amides is 1. The monoisotopic (exact) mass is 275 g/mol. The van der Waals surface area contributed by atoms with Crippen LogP contribution in [0.4, 0.5) is 5.13 Å². The number of aliphatic carboxylic acids is 1. The molecule has 0 bridgehead atoms. The van der Waals surface area contributed by atoms with Crippen LogP contribution in [-0.4, -0.2) is 27.7 Å². The molecule has 0 fully saturated rings. The van der Waals surface area contributed by atoms with Gasteiger partial charge in [0.25, 0.3) is 5.91 Å². The zero-order chi connectivity index (χ0) is 13.4. The highest BCUT2D eigenvalue weighted by molar-refractivity contribution is 7.22. The SMILES string of the molecule is O=C(O)CC1=NN(c2nc3ccccc3s2)C(=O)C1. The maximum Gasteiger partial charge on any atom is 0.309 e. The standard InChI is InChI=1S/C12H9N3O3S/c16-10-5-7(6-11(17)18)14-15(10)12-13-8-3-1-2-4-9(8)19-12/h1-4H,5-6H2,(H,17,18). The van der Waals surface area contributed by atoms with E-state index in [-0.39, 0.29) is 18.7 Å². The third-order valence-electron chi connectivity index (χ3n) is 2.65. The number of hydrogen-bond donors (Lipinski definition) is 1. The number of para-hydroxylation sites is 1. The summed E-state index contributed by atoms with van der Waals surface area (Å²) in [6.45, 7) is 0. The van der Waals surface area contributed by atoms with Gasteiger partial charge in [-0.3, -0.25) is 9.59 Å². The Bertz CT molecular complexity index is 674. The van der Waals surface area contributed by atoms with Gasteiger partial charge in [-0.1, -0.05) is 23.5 Å². The van der Waals surface area contributed by atoms with Crippen molar-refractivity contribution in [3.63, 3.8) is 0 Å². The first-order valence-electron chi connectivity index (χ1n) is 5.60. The summed E-state index contributed by atoms with van der Waals surface area (Å²) in [6, 6.07) is 7.54. The van der Waals surface area contributed by atoms with Crippen LogP contribution in [0.1, 0.15) is 12.8 Å². The van der Waals surface area contributed by atoms with Crippen molar-refractivity contribution >= 4 is 44.3 Å². The minimum Gasteiger partial charge on any atom is -0.481 e. The molecule has 1 aliphatic rings. The van der Waals surface area contributed by atoms with Crippen molar-refractivity contribution in [2.45, 2.75) is 12.8 Å². The highest BCUT2D eigenvalue weighted by Crippen LogP contribution is 2.31. The lowest BCUT2D eigenvalue weighted by molar-refractivity contribution is -0.135. The molecule has 96 valence electrons. The summed E-state index contributed by atoms with van der Waals surface area (Å²) in [4.78, 5) is 26.8. The number of nitrogens with zero attached hydrogens (tertiary/aromatic N) is 3. The Labute approximate surface area is 112 Å². The topological polar surface area (TPSA) is 82.9 Å². The normalized spacial score (nSPS) is 15.1. The van der Waals surface area contributed by atoms with Crippen LogP contribution in [-0.2, 0) is 9.59 Å². The number of carboxylic acid groups (broad SMARTS) is 1. The molecule has 1 N–H and O–H groups in total. The Morgan fingerprint density at radius 3 is 2.95 bits per heavy atom. The van der Waals surface area contributed by atoms with Crippen molar-refractivity contribution in [3.05, 3.63) is 24.3 Å². The number of thiazole rings is 1. The Morgan fingerprint density at radius 2 is 2.21 bits per heavy atom. The van der Waals surface area contributed by atoms with Crippen molar-refractivity contribution in [2.75, 3.05) is 5.01 Å². The Hall–Kier alpha value is -2.28. The molecule has 0 spiro atoms.